The standard InChI is InChI=1S/C8H6ClF4N/c9-5-3-4(1-2-6(5)10)7(14)8(11,12)13/h1-3,7H,14H2/t7-/m1/s1. The third-order valence-electron chi connectivity index (χ3n) is 1.66. The molecule has 14 heavy (non-hydrogen) atoms. The predicted octanol–water partition coefficient (Wildman–Crippen LogP) is 3.04. The van der Waals surface area contributed by atoms with Crippen LogP contribution in [0.2, 0.25) is 5.02 Å². The number of nitrogens with two attached hydrogens (primary N) is 1. The van der Waals surface area contributed by atoms with Gasteiger partial charge in [0.05, 0.1) is 5.02 Å². The van der Waals surface area contributed by atoms with Crippen molar-refractivity contribution in [3.63, 3.8) is 0 Å². The highest BCUT2D eigenvalue weighted by atomic mass is 35.5. The summed E-state index contributed by atoms with van der Waals surface area (Å²) in [5, 5.41) is -0.373. The number of hydrogen-bond acceptors (Lipinski definition) is 1. The molecule has 0 bridgehead atoms. The molecule has 1 atom stereocenters. The van der Waals surface area contributed by atoms with E-state index in [2.05, 4.69) is 0 Å². The van der Waals surface area contributed by atoms with Gasteiger partial charge in [-0.05, 0) is 17.7 Å². The van der Waals surface area contributed by atoms with Crippen LogP contribution in [0.25, 0.3) is 0 Å². The van der Waals surface area contributed by atoms with Gasteiger partial charge in [0.2, 0.25) is 0 Å². The fraction of sp³-hybridized carbons (Fsp3) is 0.250. The highest BCUT2D eigenvalue weighted by Gasteiger charge is 2.37. The van der Waals surface area contributed by atoms with Gasteiger partial charge in [0.25, 0.3) is 0 Å². The molecule has 78 valence electrons. The average Bonchev–Trinajstić information content (AvgIpc) is 2.07. The van der Waals surface area contributed by atoms with Crippen LogP contribution >= 0.6 is 11.6 Å². The summed E-state index contributed by atoms with van der Waals surface area (Å²) >= 11 is 5.31. The summed E-state index contributed by atoms with van der Waals surface area (Å²) in [6, 6.07) is 0.540. The second-order valence-corrected chi connectivity index (χ2v) is 3.10. The van der Waals surface area contributed by atoms with E-state index in [-0.39, 0.29) is 10.6 Å². The van der Waals surface area contributed by atoms with E-state index >= 15 is 0 Å². The average molecular weight is 228 g/mol. The first-order valence-electron chi connectivity index (χ1n) is 3.59. The molecule has 0 saturated heterocycles. The molecule has 0 unspecified atom stereocenters. The fourth-order valence-electron chi connectivity index (χ4n) is 0.895. The van der Waals surface area contributed by atoms with Gasteiger partial charge < -0.3 is 5.73 Å². The lowest BCUT2D eigenvalue weighted by molar-refractivity contribution is -0.149. The molecule has 1 rings (SSSR count). The number of benzene rings is 1. The highest BCUT2D eigenvalue weighted by molar-refractivity contribution is 6.30. The SMILES string of the molecule is N[C@H](c1ccc(F)c(Cl)c1)C(F)(F)F. The van der Waals surface area contributed by atoms with E-state index in [1.165, 1.54) is 0 Å². The van der Waals surface area contributed by atoms with Gasteiger partial charge in [0, 0.05) is 0 Å². The molecule has 0 radical (unpaired) electrons. The Balaban J connectivity index is 3.03. The molecule has 0 amide bonds. The molecule has 0 heterocycles. The van der Waals surface area contributed by atoms with Gasteiger partial charge in [0.15, 0.2) is 0 Å². The van der Waals surface area contributed by atoms with E-state index in [4.69, 9.17) is 17.3 Å². The second-order valence-electron chi connectivity index (χ2n) is 2.69. The fourth-order valence-corrected chi connectivity index (χ4v) is 1.08. The summed E-state index contributed by atoms with van der Waals surface area (Å²) in [6.07, 6.45) is -4.55. The normalized spacial score (nSPS) is 14.1. The Labute approximate surface area is 82.5 Å². The molecule has 1 nitrogen and oxygen atoms in total. The first-order valence-corrected chi connectivity index (χ1v) is 3.97. The van der Waals surface area contributed by atoms with Gasteiger partial charge in [-0.3, -0.25) is 0 Å². The molecule has 2 N–H and O–H groups in total. The van der Waals surface area contributed by atoms with Crippen molar-refractivity contribution in [1.29, 1.82) is 0 Å². The highest BCUT2D eigenvalue weighted by Crippen LogP contribution is 2.31. The van der Waals surface area contributed by atoms with Crippen molar-refractivity contribution < 1.29 is 17.6 Å². The first-order chi connectivity index (χ1) is 6.32. The van der Waals surface area contributed by atoms with E-state index < -0.39 is 18.0 Å². The van der Waals surface area contributed by atoms with E-state index in [0.29, 0.717) is 0 Å². The molecular weight excluding hydrogens is 222 g/mol. The van der Waals surface area contributed by atoms with Gasteiger partial charge >= 0.3 is 6.18 Å². The van der Waals surface area contributed by atoms with Crippen molar-refractivity contribution in [2.24, 2.45) is 5.73 Å². The summed E-state index contributed by atoms with van der Waals surface area (Å²) < 4.78 is 48.9. The van der Waals surface area contributed by atoms with Crippen LogP contribution in [0.5, 0.6) is 0 Å². The summed E-state index contributed by atoms with van der Waals surface area (Å²) in [4.78, 5) is 0. The molecule has 1 aromatic carbocycles. The van der Waals surface area contributed by atoms with Gasteiger partial charge in [-0.2, -0.15) is 13.2 Å². The van der Waals surface area contributed by atoms with Crippen molar-refractivity contribution in [2.75, 3.05) is 0 Å². The van der Waals surface area contributed by atoms with E-state index in [1.807, 2.05) is 0 Å². The maximum Gasteiger partial charge on any atom is 0.407 e. The van der Waals surface area contributed by atoms with Crippen molar-refractivity contribution in [3.05, 3.63) is 34.6 Å². The van der Waals surface area contributed by atoms with E-state index in [9.17, 15) is 17.6 Å². The molecular formula is C8H6ClF4N. The lowest BCUT2D eigenvalue weighted by Crippen LogP contribution is -2.28. The monoisotopic (exact) mass is 227 g/mol. The molecule has 0 spiro atoms. The van der Waals surface area contributed by atoms with Crippen LogP contribution in [0.15, 0.2) is 18.2 Å². The molecule has 6 heteroatoms. The van der Waals surface area contributed by atoms with Gasteiger partial charge in [-0.1, -0.05) is 17.7 Å². The minimum Gasteiger partial charge on any atom is -0.316 e. The van der Waals surface area contributed by atoms with Crippen LogP contribution in [0, 0.1) is 5.82 Å². The molecule has 0 aromatic heterocycles. The zero-order valence-corrected chi connectivity index (χ0v) is 7.53. The van der Waals surface area contributed by atoms with Gasteiger partial charge in [0.1, 0.15) is 11.9 Å². The van der Waals surface area contributed by atoms with Crippen LogP contribution in [0.1, 0.15) is 11.6 Å². The number of hydrogen-bond donors (Lipinski definition) is 1. The van der Waals surface area contributed by atoms with Crippen molar-refractivity contribution in [1.82, 2.24) is 0 Å². The van der Waals surface area contributed by atoms with Crippen molar-refractivity contribution in [2.45, 2.75) is 12.2 Å². The Hall–Kier alpha value is -0.810. The van der Waals surface area contributed by atoms with Crippen LogP contribution in [-0.4, -0.2) is 6.18 Å². The Kier molecular flexibility index (Phi) is 3.01. The number of alkyl halides is 3. The maximum atomic E-state index is 12.6. The first kappa shape index (κ1) is 11.3. The zero-order chi connectivity index (χ0) is 10.9. The second kappa shape index (κ2) is 3.74. The van der Waals surface area contributed by atoms with Crippen LogP contribution in [0.3, 0.4) is 0 Å². The lowest BCUT2D eigenvalue weighted by Gasteiger charge is -2.15. The number of halogens is 5. The molecule has 0 fully saturated rings. The third-order valence-corrected chi connectivity index (χ3v) is 1.95. The molecule has 0 aliphatic carbocycles. The smallest absolute Gasteiger partial charge is 0.316 e. The summed E-state index contributed by atoms with van der Waals surface area (Å²) in [5.41, 5.74) is 4.62. The quantitative estimate of drug-likeness (QED) is 0.734. The van der Waals surface area contributed by atoms with Crippen LogP contribution < -0.4 is 5.73 Å². The minimum absolute atomic E-state index is 0.260. The van der Waals surface area contributed by atoms with E-state index in [1.54, 1.807) is 0 Å². The summed E-state index contributed by atoms with van der Waals surface area (Å²) in [5.74, 6) is -0.773. The Morgan fingerprint density at radius 3 is 2.29 bits per heavy atom. The van der Waals surface area contributed by atoms with Gasteiger partial charge in [-0.15, -0.1) is 0 Å². The third kappa shape index (κ3) is 2.36. The molecule has 0 aliphatic heterocycles. The maximum absolute atomic E-state index is 12.6. The summed E-state index contributed by atoms with van der Waals surface area (Å²) in [7, 11) is 0. The Bertz CT molecular complexity index is 337. The van der Waals surface area contributed by atoms with Crippen LogP contribution in [-0.2, 0) is 0 Å². The lowest BCUT2D eigenvalue weighted by atomic mass is 10.1. The predicted molar refractivity (Wildman–Crippen MR) is 44.4 cm³/mol. The van der Waals surface area contributed by atoms with Gasteiger partial charge in [-0.25, -0.2) is 4.39 Å². The minimum atomic E-state index is -4.55. The summed E-state index contributed by atoms with van der Waals surface area (Å²) in [6.45, 7) is 0. The Morgan fingerprint density at radius 1 is 1.29 bits per heavy atom. The largest absolute Gasteiger partial charge is 0.407 e. The van der Waals surface area contributed by atoms with Crippen LogP contribution in [0.4, 0.5) is 17.6 Å². The molecule has 0 saturated carbocycles. The number of rotatable bonds is 1. The zero-order valence-electron chi connectivity index (χ0n) is 6.78. The Morgan fingerprint density at radius 2 is 1.86 bits per heavy atom. The molecule has 1 aromatic rings. The van der Waals surface area contributed by atoms with Crippen molar-refractivity contribution >= 4 is 11.6 Å². The molecule has 0 aliphatic rings. The topological polar surface area (TPSA) is 26.0 Å². The van der Waals surface area contributed by atoms with E-state index in [0.717, 1.165) is 18.2 Å². The van der Waals surface area contributed by atoms with Crippen molar-refractivity contribution in [3.8, 4) is 0 Å².